The van der Waals surface area contributed by atoms with E-state index in [4.69, 9.17) is 9.47 Å². The molecule has 0 radical (unpaired) electrons. The zero-order valence-electron chi connectivity index (χ0n) is 15.4. The van der Waals surface area contributed by atoms with Crippen LogP contribution in [0.3, 0.4) is 0 Å². The highest BCUT2D eigenvalue weighted by molar-refractivity contribution is 7.98. The lowest BCUT2D eigenvalue weighted by Crippen LogP contribution is -2.51. The van der Waals surface area contributed by atoms with Crippen molar-refractivity contribution in [2.24, 2.45) is 0 Å². The zero-order valence-corrected chi connectivity index (χ0v) is 16.3. The van der Waals surface area contributed by atoms with Crippen LogP contribution < -0.4 is 14.8 Å². The average Bonchev–Trinajstić information content (AvgIpc) is 2.65. The van der Waals surface area contributed by atoms with Gasteiger partial charge in [0, 0.05) is 45.1 Å². The molecule has 0 saturated carbocycles. The van der Waals surface area contributed by atoms with Crippen molar-refractivity contribution < 1.29 is 19.1 Å². The third kappa shape index (κ3) is 6.05. The second kappa shape index (κ2) is 10.2. The van der Waals surface area contributed by atoms with Gasteiger partial charge in [-0.05, 0) is 18.4 Å². The minimum absolute atomic E-state index is 0.0101. The molecule has 0 aliphatic carbocycles. The molecule has 26 heavy (non-hydrogen) atoms. The maximum absolute atomic E-state index is 12.7. The van der Waals surface area contributed by atoms with Gasteiger partial charge in [-0.1, -0.05) is 0 Å². The molecule has 1 saturated heterocycles. The number of rotatable bonds is 8. The monoisotopic (exact) mass is 382 g/mol. The van der Waals surface area contributed by atoms with Gasteiger partial charge in [0.25, 0.3) is 0 Å². The Labute approximate surface area is 158 Å². The quantitative estimate of drug-likeness (QED) is 0.720. The summed E-state index contributed by atoms with van der Waals surface area (Å²) in [5.74, 6) is 1.10. The van der Waals surface area contributed by atoms with E-state index in [0.717, 1.165) is 5.75 Å². The third-order valence-corrected chi connectivity index (χ3v) is 4.76. The Bertz CT molecular complexity index is 608. The van der Waals surface area contributed by atoms with Gasteiger partial charge in [-0.3, -0.25) is 9.59 Å². The molecule has 1 atom stereocenters. The van der Waals surface area contributed by atoms with Crippen molar-refractivity contribution in [2.75, 3.05) is 32.2 Å². The molecule has 1 aromatic heterocycles. The van der Waals surface area contributed by atoms with Crippen LogP contribution in [0.25, 0.3) is 0 Å². The minimum atomic E-state index is -0.455. The average molecular weight is 382 g/mol. The lowest BCUT2D eigenvalue weighted by Gasteiger charge is -2.34. The first-order valence-electron chi connectivity index (χ1n) is 8.62. The summed E-state index contributed by atoms with van der Waals surface area (Å²) in [5.41, 5.74) is 0. The summed E-state index contributed by atoms with van der Waals surface area (Å²) >= 11 is 1.66. The van der Waals surface area contributed by atoms with Gasteiger partial charge in [-0.15, -0.1) is 0 Å². The summed E-state index contributed by atoms with van der Waals surface area (Å²) in [6.07, 6.45) is 5.63. The maximum atomic E-state index is 12.7. The van der Waals surface area contributed by atoms with E-state index in [0.29, 0.717) is 38.2 Å². The molecular formula is C17H26N4O4S. The molecule has 1 unspecified atom stereocenters. The Balaban J connectivity index is 1.87. The van der Waals surface area contributed by atoms with Crippen LogP contribution in [0.1, 0.15) is 26.2 Å². The highest BCUT2D eigenvalue weighted by Crippen LogP contribution is 2.19. The molecule has 1 aromatic rings. The number of ether oxygens (including phenoxy) is 2. The summed E-state index contributed by atoms with van der Waals surface area (Å²) in [5, 5.41) is 2.77. The second-order valence-electron chi connectivity index (χ2n) is 6.06. The van der Waals surface area contributed by atoms with Crippen LogP contribution in [-0.2, 0) is 9.59 Å². The number of aromatic nitrogens is 2. The van der Waals surface area contributed by atoms with Crippen molar-refractivity contribution in [3.05, 3.63) is 12.3 Å². The van der Waals surface area contributed by atoms with Crippen LogP contribution in [0, 0.1) is 0 Å². The first-order valence-corrected chi connectivity index (χ1v) is 10.0. The number of hydrogen-bond donors (Lipinski definition) is 1. The van der Waals surface area contributed by atoms with Crippen LogP contribution in [0.2, 0.25) is 0 Å². The van der Waals surface area contributed by atoms with E-state index in [9.17, 15) is 9.59 Å². The molecule has 0 aromatic carbocycles. The Kier molecular flexibility index (Phi) is 7.96. The highest BCUT2D eigenvalue weighted by atomic mass is 32.2. The summed E-state index contributed by atoms with van der Waals surface area (Å²) in [6, 6.07) is 1.50. The summed E-state index contributed by atoms with van der Waals surface area (Å²) < 4.78 is 10.9. The summed E-state index contributed by atoms with van der Waals surface area (Å²) in [7, 11) is 1.51. The Morgan fingerprint density at radius 2 is 2.15 bits per heavy atom. The molecule has 1 aliphatic heterocycles. The molecule has 2 heterocycles. The smallest absolute Gasteiger partial charge is 0.319 e. The van der Waals surface area contributed by atoms with Gasteiger partial charge in [0.2, 0.25) is 17.7 Å². The van der Waals surface area contributed by atoms with Crippen molar-refractivity contribution in [1.29, 1.82) is 0 Å². The van der Waals surface area contributed by atoms with Crippen LogP contribution >= 0.6 is 11.8 Å². The van der Waals surface area contributed by atoms with E-state index >= 15 is 0 Å². The molecule has 2 amide bonds. The van der Waals surface area contributed by atoms with E-state index in [2.05, 4.69) is 15.3 Å². The van der Waals surface area contributed by atoms with Gasteiger partial charge in [0.05, 0.1) is 7.11 Å². The number of nitrogens with one attached hydrogen (secondary N) is 1. The lowest BCUT2D eigenvalue weighted by atomic mass is 10.1. The molecule has 0 bridgehead atoms. The highest BCUT2D eigenvalue weighted by Gasteiger charge is 2.29. The van der Waals surface area contributed by atoms with E-state index in [1.54, 1.807) is 28.9 Å². The van der Waals surface area contributed by atoms with Gasteiger partial charge in [0.15, 0.2) is 0 Å². The van der Waals surface area contributed by atoms with Crippen molar-refractivity contribution in [1.82, 2.24) is 20.2 Å². The number of amides is 2. The number of hydrogen-bond acceptors (Lipinski definition) is 7. The molecule has 9 heteroatoms. The first kappa shape index (κ1) is 20.3. The van der Waals surface area contributed by atoms with Crippen LogP contribution in [0.5, 0.6) is 11.9 Å². The van der Waals surface area contributed by atoms with Gasteiger partial charge in [-0.25, -0.2) is 4.98 Å². The molecule has 0 spiro atoms. The van der Waals surface area contributed by atoms with Crippen LogP contribution in [0.4, 0.5) is 0 Å². The van der Waals surface area contributed by atoms with Crippen molar-refractivity contribution in [3.63, 3.8) is 0 Å². The SMILES string of the molecule is COc1nccc(OC2CCN(C(=O)C(CCSC)NC(C)=O)CC2)n1. The number of carbonyl (C=O) groups is 2. The number of thioether (sulfide) groups is 1. The molecule has 1 N–H and O–H groups in total. The Morgan fingerprint density at radius 3 is 2.77 bits per heavy atom. The summed E-state index contributed by atoms with van der Waals surface area (Å²) in [4.78, 5) is 34.0. The largest absolute Gasteiger partial charge is 0.474 e. The number of nitrogens with zero attached hydrogens (tertiary/aromatic N) is 3. The minimum Gasteiger partial charge on any atom is -0.474 e. The van der Waals surface area contributed by atoms with E-state index < -0.39 is 6.04 Å². The van der Waals surface area contributed by atoms with Gasteiger partial charge < -0.3 is 19.7 Å². The number of piperidine rings is 1. The maximum Gasteiger partial charge on any atom is 0.319 e. The molecule has 1 fully saturated rings. The number of methoxy groups -OCH3 is 1. The molecular weight excluding hydrogens is 356 g/mol. The van der Waals surface area contributed by atoms with Crippen molar-refractivity contribution in [3.8, 4) is 11.9 Å². The van der Waals surface area contributed by atoms with E-state index in [1.807, 2.05) is 6.26 Å². The second-order valence-corrected chi connectivity index (χ2v) is 7.04. The first-order chi connectivity index (χ1) is 12.5. The van der Waals surface area contributed by atoms with Gasteiger partial charge >= 0.3 is 6.01 Å². The van der Waals surface area contributed by atoms with Crippen molar-refractivity contribution >= 4 is 23.6 Å². The fourth-order valence-electron chi connectivity index (χ4n) is 2.81. The predicted octanol–water partition coefficient (Wildman–Crippen LogP) is 1.11. The fraction of sp³-hybridized carbons (Fsp3) is 0.647. The third-order valence-electron chi connectivity index (χ3n) is 4.12. The van der Waals surface area contributed by atoms with Gasteiger partial charge in [0.1, 0.15) is 12.1 Å². The normalized spacial score (nSPS) is 16.0. The Hall–Kier alpha value is -2.03. The number of carbonyl (C=O) groups excluding carboxylic acids is 2. The molecule has 8 nitrogen and oxygen atoms in total. The van der Waals surface area contributed by atoms with Crippen molar-refractivity contribution in [2.45, 2.75) is 38.3 Å². The zero-order chi connectivity index (χ0) is 18.9. The standard InChI is InChI=1S/C17H26N4O4S/c1-12(22)19-14(7-11-26-3)16(23)21-9-5-13(6-10-21)25-15-4-8-18-17(20-15)24-2/h4,8,13-14H,5-7,9-11H2,1-3H3,(H,19,22). The topological polar surface area (TPSA) is 93.7 Å². The molecule has 1 aliphatic rings. The molecule has 144 valence electrons. The fourth-order valence-corrected chi connectivity index (χ4v) is 3.28. The van der Waals surface area contributed by atoms with E-state index in [1.165, 1.54) is 14.0 Å². The van der Waals surface area contributed by atoms with Gasteiger partial charge in [-0.2, -0.15) is 16.7 Å². The van der Waals surface area contributed by atoms with Crippen LogP contribution in [0.15, 0.2) is 12.3 Å². The molecule has 2 rings (SSSR count). The summed E-state index contributed by atoms with van der Waals surface area (Å²) in [6.45, 7) is 2.64. The predicted molar refractivity (Wildman–Crippen MR) is 99.4 cm³/mol. The van der Waals surface area contributed by atoms with Crippen LogP contribution in [-0.4, -0.2) is 71.0 Å². The Morgan fingerprint density at radius 1 is 1.42 bits per heavy atom. The number of likely N-dealkylation sites (tertiary alicyclic amines) is 1. The van der Waals surface area contributed by atoms with E-state index in [-0.39, 0.29) is 23.9 Å². The lowest BCUT2D eigenvalue weighted by molar-refractivity contribution is -0.137.